The number of alkyl carbamates (subject to hydrolysis) is 1. The molecule has 0 saturated carbocycles. The quantitative estimate of drug-likeness (QED) is 0.0332. The van der Waals surface area contributed by atoms with E-state index in [-0.39, 0.29) is 59.6 Å². The van der Waals surface area contributed by atoms with E-state index in [0.29, 0.717) is 73.7 Å². The zero-order chi connectivity index (χ0) is 108. The smallest absolute Gasteiger partial charge is 0.417 e. The highest BCUT2D eigenvalue weighted by Crippen LogP contribution is 2.57. The van der Waals surface area contributed by atoms with E-state index >= 15 is 0 Å². The van der Waals surface area contributed by atoms with E-state index in [4.69, 9.17) is 32.9 Å². The van der Waals surface area contributed by atoms with Gasteiger partial charge in [0.1, 0.15) is 34.8 Å². The van der Waals surface area contributed by atoms with E-state index in [9.17, 15) is 58.9 Å². The molecule has 7 aliphatic carbocycles. The molecule has 3 spiro atoms. The lowest BCUT2D eigenvalue weighted by Crippen LogP contribution is -2.49. The third-order valence-corrected chi connectivity index (χ3v) is 34.2. The first-order valence-electron chi connectivity index (χ1n) is 51.0. The number of aromatic nitrogens is 2. The molecule has 0 radical (unpaired) electrons. The Morgan fingerprint density at radius 3 is 1.53 bits per heavy atom. The van der Waals surface area contributed by atoms with Gasteiger partial charge in [0.25, 0.3) is 5.89 Å². The summed E-state index contributed by atoms with van der Waals surface area (Å²) < 4.78 is 44.0. The molecule has 4 N–H and O–H groups in total. The molecular weight excluding hydrogens is 2280 g/mol. The number of aliphatic hydroxyl groups is 2. The fraction of sp³-hybridized carbons (Fsp3) is 0.449. The highest BCUT2D eigenvalue weighted by atomic mass is 79.9. The molecule has 8 unspecified atom stereocenters. The molecule has 149 heavy (non-hydrogen) atoms. The summed E-state index contributed by atoms with van der Waals surface area (Å²) in [6, 6.07) is 49.6. The highest BCUT2D eigenvalue weighted by Gasteiger charge is 2.58. The van der Waals surface area contributed by atoms with Crippen molar-refractivity contribution in [3.8, 4) is 34.7 Å². The van der Waals surface area contributed by atoms with Gasteiger partial charge in [-0.1, -0.05) is 210 Å². The lowest BCUT2D eigenvalue weighted by molar-refractivity contribution is -0.148. The Kier molecular flexibility index (Phi) is 37.8. The van der Waals surface area contributed by atoms with Crippen LogP contribution in [-0.4, -0.2) is 145 Å². The van der Waals surface area contributed by atoms with Crippen LogP contribution in [0.3, 0.4) is 0 Å². The fourth-order valence-electron chi connectivity index (χ4n) is 23.2. The number of carboxylic acid groups (broad SMARTS) is 1. The van der Waals surface area contributed by atoms with Gasteiger partial charge in [-0.2, -0.15) is 10.2 Å². The molecule has 19 rings (SSSR count). The summed E-state index contributed by atoms with van der Waals surface area (Å²) in [7, 11) is 2.91. The lowest BCUT2D eigenvalue weighted by Gasteiger charge is -2.38. The molecule has 1 aromatic heterocycles. The molecule has 9 aromatic rings. The first kappa shape index (κ1) is 116. The number of nitrogens with one attached hydrogen (secondary N) is 1. The number of carboxylic acids is 1. The van der Waals surface area contributed by atoms with Crippen molar-refractivity contribution < 1.29 is 86.6 Å². The first-order valence-corrected chi connectivity index (χ1v) is 55.8. The van der Waals surface area contributed by atoms with Crippen molar-refractivity contribution >= 4 is 144 Å². The minimum Gasteiger partial charge on any atom is -0.490 e. The van der Waals surface area contributed by atoms with Crippen LogP contribution < -0.4 is 10.1 Å². The van der Waals surface area contributed by atoms with Gasteiger partial charge >= 0.3 is 36.2 Å². The lowest BCUT2D eigenvalue weighted by atomic mass is 9.78. The van der Waals surface area contributed by atoms with Crippen LogP contribution in [0.2, 0.25) is 0 Å². The fourth-order valence-corrected chi connectivity index (χ4v) is 26.6. The van der Waals surface area contributed by atoms with Gasteiger partial charge in [-0.25, -0.2) is 19.3 Å². The van der Waals surface area contributed by atoms with Crippen molar-refractivity contribution in [1.82, 2.24) is 30.2 Å². The number of nitriles is 1. The first-order chi connectivity index (χ1) is 70.7. The Hall–Kier alpha value is -10.4. The average molecular weight is 2420 g/mol. The van der Waals surface area contributed by atoms with Gasteiger partial charge in [0.05, 0.1) is 71.4 Å². The summed E-state index contributed by atoms with van der Waals surface area (Å²) in [6.45, 7) is 32.0. The average Bonchev–Trinajstić information content (AvgIpc) is 1.57. The monoisotopic (exact) mass is 2410 g/mol. The number of methoxy groups -OCH3 is 2. The molecule has 3 saturated heterocycles. The van der Waals surface area contributed by atoms with Crippen molar-refractivity contribution in [2.24, 2.45) is 0 Å². The Bertz CT molecular complexity index is 6570. The number of amides is 5. The molecule has 31 heteroatoms. The second-order valence-electron chi connectivity index (χ2n) is 42.6. The minimum atomic E-state index is -0.778. The van der Waals surface area contributed by atoms with Crippen molar-refractivity contribution in [3.05, 3.63) is 294 Å². The largest absolute Gasteiger partial charge is 0.490 e. The van der Waals surface area contributed by atoms with Crippen LogP contribution in [0.1, 0.15) is 288 Å². The van der Waals surface area contributed by atoms with Gasteiger partial charge in [0.15, 0.2) is 0 Å². The minimum absolute atomic E-state index is 0.0418. The number of aliphatic hydroxyl groups excluding tert-OH is 2. The molecule has 10 aliphatic rings. The number of carbonyl (C=O) groups excluding carboxylic acids is 7. The molecule has 5 amide bonds. The maximum absolute atomic E-state index is 12.7. The summed E-state index contributed by atoms with van der Waals surface area (Å²) in [5.41, 5.74) is 13.6. The second kappa shape index (κ2) is 48.7. The Labute approximate surface area is 925 Å². The van der Waals surface area contributed by atoms with Crippen LogP contribution in [0.15, 0.2) is 215 Å². The zero-order valence-corrected chi connectivity index (χ0v) is 96.7. The Morgan fingerprint density at radius 2 is 0.980 bits per heavy atom. The summed E-state index contributed by atoms with van der Waals surface area (Å²) in [5.74, 6) is 0.251. The van der Waals surface area contributed by atoms with E-state index in [1.54, 1.807) is 29.2 Å². The molecule has 0 bridgehead atoms. The highest BCUT2D eigenvalue weighted by molar-refractivity contribution is 9.11. The van der Waals surface area contributed by atoms with E-state index < -0.39 is 63.1 Å². The molecule has 4 heterocycles. The Morgan fingerprint density at radius 1 is 0.523 bits per heavy atom. The second-order valence-corrected chi connectivity index (χ2v) is 47.7. The normalized spacial score (nSPS) is 21.9. The third kappa shape index (κ3) is 24.9. The number of fused-ring (bicyclic) bond motifs is 10. The van der Waals surface area contributed by atoms with E-state index in [1.807, 2.05) is 196 Å². The standard InChI is InChI=1S/C26H26N4O4.C18H24BrNO2.C17H22BrNO3.C17H20BrNO3.C15H17BrO2.C14H15BrO2.C11H11BrO2/c1-16(2)33-22-7-6-17(14-18(22)15-27)25-28-24(29-34-25)20-4-3-5-21-19(20)8-10-26(21)11-9-23(32)30(26)12-13-31;1-5-6-11-18(20-16(21)22-17(2,3)4)12-10-13-14(18)8-7-9-15(13)19;2*1-16(2,3)22-15(21)19-14(20)8-10-17(19)9-7-11-12(17)5-4-6-13(11)18;1-3-4-9-15(14(17)18-2)10-8-11-12(15)6-5-7-13(11)16;1-2-3-8-14(13(16)17)9-7-10-11(14)5-4-6-12(10)15;1-14-11(13)9-6-5-8-7(9)3-2-4-10(8)12/h3-7,14,16,31H,8-13H2,1-2H3;5,7-9H,1,6,10-12H2,2-4H3,(H,20,21);4-6,14,20H,7-10H2,1-3H3;4-6H,7-10H2,1-3H3;3,5-7H,1,4,8-10H2,2H3;2,4-6H,1,3,7-9H2,(H,16,17);2-4,9H,5-6H2,1H3. The number of benzene rings is 8. The topological polar surface area (TPSA) is 337 Å². The summed E-state index contributed by atoms with van der Waals surface area (Å²) >= 11 is 21.4. The van der Waals surface area contributed by atoms with Gasteiger partial charge < -0.3 is 58.5 Å². The molecular formula is C118H135Br6N7O18. The summed E-state index contributed by atoms with van der Waals surface area (Å²) in [4.78, 5) is 107. The van der Waals surface area contributed by atoms with Crippen molar-refractivity contribution in [1.29, 1.82) is 5.26 Å². The van der Waals surface area contributed by atoms with E-state index in [0.717, 1.165) is 205 Å². The van der Waals surface area contributed by atoms with Gasteiger partial charge in [0.2, 0.25) is 17.6 Å². The maximum Gasteiger partial charge on any atom is 0.417 e. The SMILES string of the molecule is C=CCCC1(C(=O)O)CCc2c(Br)cccc21.C=CCCC1(C(=O)OC)CCc2c(Br)cccc21.C=CCCC1(NC(=O)OC(C)(C)C)CCc2c(Br)cccc21.CC(C)(C)OC(=O)N1C(=O)CCC12CCc1c(Br)cccc12.CC(C)(C)OC(=O)N1C(O)CCC12CCc1c(Br)cccc12.CC(C)Oc1ccc(-c2nc(-c3cccc4c3CCC43CCC(=O)N3CCO)no2)cc1C#N.COC(=O)C1CCc2c(Br)cccc21. The predicted octanol–water partition coefficient (Wildman–Crippen LogP) is 27.1. The number of rotatable bonds is 19. The van der Waals surface area contributed by atoms with Gasteiger partial charge in [-0.05, 0) is 363 Å². The third-order valence-electron chi connectivity index (χ3n) is 29.8. The number of esters is 2. The molecule has 8 atom stereocenters. The number of imide groups is 1. The molecule has 792 valence electrons. The van der Waals surface area contributed by atoms with Crippen molar-refractivity contribution in [3.63, 3.8) is 0 Å². The number of hydrogen-bond acceptors (Lipinski definition) is 20. The van der Waals surface area contributed by atoms with Crippen LogP contribution in [0, 0.1) is 11.3 Å². The predicted molar refractivity (Wildman–Crippen MR) is 595 cm³/mol. The molecule has 8 aromatic carbocycles. The van der Waals surface area contributed by atoms with Crippen molar-refractivity contribution in [2.75, 3.05) is 27.4 Å². The van der Waals surface area contributed by atoms with E-state index in [2.05, 4.69) is 161 Å². The number of β-amino-alcohol motifs (C(OH)–C–C–N with tert-alkyl or cyclic N) is 1. The van der Waals surface area contributed by atoms with Crippen LogP contribution in [-0.2, 0) is 126 Å². The summed E-state index contributed by atoms with van der Waals surface area (Å²) in [5, 5.41) is 46.4. The van der Waals surface area contributed by atoms with Gasteiger partial charge in [-0.3, -0.25) is 28.9 Å². The van der Waals surface area contributed by atoms with Crippen LogP contribution in [0.5, 0.6) is 5.75 Å². The zero-order valence-electron chi connectivity index (χ0n) is 87.2. The van der Waals surface area contributed by atoms with Crippen molar-refractivity contribution in [2.45, 2.75) is 311 Å². The van der Waals surface area contributed by atoms with Gasteiger partial charge in [-0.15, -0.1) is 19.7 Å². The number of aliphatic carboxylic acids is 1. The number of nitrogens with zero attached hydrogens (tertiary/aromatic N) is 6. The molecule has 3 fully saturated rings. The van der Waals surface area contributed by atoms with Gasteiger partial charge in [0, 0.05) is 57.3 Å². The number of halogens is 6. The number of likely N-dealkylation sites (tertiary alicyclic amines) is 3. The number of carbonyl (C=O) groups is 8. The molecule has 25 nitrogen and oxygen atoms in total. The number of hydrogen-bond donors (Lipinski definition) is 4. The Balaban J connectivity index is 0.000000147. The van der Waals surface area contributed by atoms with E-state index in [1.165, 1.54) is 52.5 Å². The van der Waals surface area contributed by atoms with Crippen LogP contribution in [0.4, 0.5) is 14.4 Å². The number of ether oxygens (including phenoxy) is 6. The number of allylic oxidation sites excluding steroid dienone is 3. The van der Waals surface area contributed by atoms with Crippen LogP contribution in [0.25, 0.3) is 22.8 Å². The molecule has 3 aliphatic heterocycles. The van der Waals surface area contributed by atoms with Crippen LogP contribution >= 0.6 is 95.6 Å². The summed E-state index contributed by atoms with van der Waals surface area (Å²) in [6.07, 6.45) is 23.7. The maximum atomic E-state index is 12.7.